The Bertz CT molecular complexity index is 280. The van der Waals surface area contributed by atoms with Crippen molar-refractivity contribution < 1.29 is 4.79 Å². The summed E-state index contributed by atoms with van der Waals surface area (Å²) in [5.74, 6) is 0.341. The van der Waals surface area contributed by atoms with Gasteiger partial charge in [-0.3, -0.25) is 9.48 Å². The van der Waals surface area contributed by atoms with Crippen LogP contribution in [0.5, 0.6) is 0 Å². The van der Waals surface area contributed by atoms with E-state index in [0.29, 0.717) is 11.6 Å². The Morgan fingerprint density at radius 3 is 2.73 bits per heavy atom. The molecule has 60 valence electrons. The largest absolute Gasteiger partial charge is 0.296 e. The quantitative estimate of drug-likeness (QED) is 0.498. The number of alkyl halides is 1. The Hall–Kier alpha value is -0.830. The number of rotatable bonds is 2. The number of carbonyl (C=O) groups excluding carboxylic acids is 1. The lowest BCUT2D eigenvalue weighted by atomic mass is 10.2. The van der Waals surface area contributed by atoms with E-state index in [1.807, 2.05) is 6.92 Å². The maximum atomic E-state index is 10.5. The Labute approximate surface area is 70.0 Å². The van der Waals surface area contributed by atoms with Crippen molar-refractivity contribution in [1.82, 2.24) is 9.78 Å². The van der Waals surface area contributed by atoms with Crippen molar-refractivity contribution in [1.29, 1.82) is 0 Å². The molecule has 0 fully saturated rings. The van der Waals surface area contributed by atoms with Gasteiger partial charge in [-0.15, -0.1) is 11.6 Å². The molecule has 1 heterocycles. The first kappa shape index (κ1) is 8.27. The van der Waals surface area contributed by atoms with E-state index in [1.165, 1.54) is 0 Å². The van der Waals surface area contributed by atoms with Gasteiger partial charge in [-0.25, -0.2) is 0 Å². The number of nitrogens with zero attached hydrogens (tertiary/aromatic N) is 2. The van der Waals surface area contributed by atoms with E-state index < -0.39 is 0 Å². The molecule has 0 radical (unpaired) electrons. The minimum absolute atomic E-state index is 0.341. The molecule has 0 unspecified atom stereocenters. The topological polar surface area (TPSA) is 34.9 Å². The summed E-state index contributed by atoms with van der Waals surface area (Å²) < 4.78 is 1.54. The second kappa shape index (κ2) is 3.05. The Balaban J connectivity index is 3.28. The van der Waals surface area contributed by atoms with Crippen molar-refractivity contribution in [2.45, 2.75) is 12.8 Å². The van der Waals surface area contributed by atoms with Gasteiger partial charge in [0.05, 0.1) is 11.6 Å². The van der Waals surface area contributed by atoms with Crippen LogP contribution in [0.1, 0.15) is 21.7 Å². The summed E-state index contributed by atoms with van der Waals surface area (Å²) in [6, 6.07) is 0. The molecule has 1 aromatic heterocycles. The summed E-state index contributed by atoms with van der Waals surface area (Å²) in [4.78, 5) is 10.5. The summed E-state index contributed by atoms with van der Waals surface area (Å²) in [6.07, 6.45) is 0.776. The van der Waals surface area contributed by atoms with Gasteiger partial charge in [0, 0.05) is 12.6 Å². The first-order valence-electron chi connectivity index (χ1n) is 3.24. The highest BCUT2D eigenvalue weighted by atomic mass is 35.5. The van der Waals surface area contributed by atoms with Crippen LogP contribution in [0.15, 0.2) is 0 Å². The third kappa shape index (κ3) is 1.28. The Morgan fingerprint density at radius 2 is 2.36 bits per heavy atom. The van der Waals surface area contributed by atoms with Crippen LogP contribution >= 0.6 is 11.6 Å². The third-order valence-corrected chi connectivity index (χ3v) is 1.91. The molecule has 4 heteroatoms. The van der Waals surface area contributed by atoms with Crippen molar-refractivity contribution in [2.24, 2.45) is 7.05 Å². The van der Waals surface area contributed by atoms with Crippen LogP contribution in [0, 0.1) is 6.92 Å². The lowest BCUT2D eigenvalue weighted by molar-refractivity contribution is 0.111. The second-order valence-electron chi connectivity index (χ2n) is 2.32. The van der Waals surface area contributed by atoms with Gasteiger partial charge in [0.15, 0.2) is 6.29 Å². The molecule has 0 aliphatic carbocycles. The number of hydrogen-bond acceptors (Lipinski definition) is 2. The molecule has 0 atom stereocenters. The zero-order chi connectivity index (χ0) is 8.43. The van der Waals surface area contributed by atoms with E-state index in [-0.39, 0.29) is 0 Å². The normalized spacial score (nSPS) is 10.1. The average molecular weight is 173 g/mol. The number of carbonyl (C=O) groups is 1. The van der Waals surface area contributed by atoms with Crippen molar-refractivity contribution in [2.75, 3.05) is 0 Å². The summed E-state index contributed by atoms with van der Waals surface area (Å²) in [5, 5.41) is 4.05. The van der Waals surface area contributed by atoms with Crippen LogP contribution in [0.4, 0.5) is 0 Å². The molecule has 0 saturated carbocycles. The average Bonchev–Trinajstić information content (AvgIpc) is 2.24. The first-order chi connectivity index (χ1) is 5.20. The molecular formula is C7H9ClN2O. The lowest BCUT2D eigenvalue weighted by Gasteiger charge is -1.92. The van der Waals surface area contributed by atoms with Gasteiger partial charge in [-0.2, -0.15) is 5.10 Å². The fourth-order valence-corrected chi connectivity index (χ4v) is 1.36. The van der Waals surface area contributed by atoms with E-state index in [2.05, 4.69) is 5.10 Å². The van der Waals surface area contributed by atoms with E-state index >= 15 is 0 Å². The zero-order valence-corrected chi connectivity index (χ0v) is 7.22. The molecule has 0 bridgehead atoms. The number of hydrogen-bond donors (Lipinski definition) is 0. The van der Waals surface area contributed by atoms with Crippen molar-refractivity contribution in [3.63, 3.8) is 0 Å². The van der Waals surface area contributed by atoms with Crippen LogP contribution < -0.4 is 0 Å². The van der Waals surface area contributed by atoms with E-state index in [1.54, 1.807) is 11.7 Å². The maximum absolute atomic E-state index is 10.5. The van der Waals surface area contributed by atoms with Crippen LogP contribution in [-0.4, -0.2) is 16.1 Å². The van der Waals surface area contributed by atoms with Gasteiger partial charge >= 0.3 is 0 Å². The fraction of sp³-hybridized carbons (Fsp3) is 0.429. The monoisotopic (exact) mass is 172 g/mol. The van der Waals surface area contributed by atoms with Gasteiger partial charge in [-0.1, -0.05) is 0 Å². The smallest absolute Gasteiger partial charge is 0.168 e. The highest BCUT2D eigenvalue weighted by molar-refractivity contribution is 6.17. The highest BCUT2D eigenvalue weighted by Gasteiger charge is 2.09. The first-order valence-corrected chi connectivity index (χ1v) is 3.77. The molecule has 1 rings (SSSR count). The molecular weight excluding hydrogens is 164 g/mol. The van der Waals surface area contributed by atoms with Gasteiger partial charge in [0.2, 0.25) is 0 Å². The summed E-state index contributed by atoms with van der Waals surface area (Å²) in [6.45, 7) is 1.84. The van der Waals surface area contributed by atoms with E-state index in [4.69, 9.17) is 11.6 Å². The molecule has 0 aliphatic heterocycles. The predicted octanol–water partition coefficient (Wildman–Crippen LogP) is 1.28. The number of aromatic nitrogens is 2. The van der Waals surface area contributed by atoms with Crippen molar-refractivity contribution >= 4 is 17.9 Å². The molecule has 3 nitrogen and oxygen atoms in total. The molecule has 0 spiro atoms. The second-order valence-corrected chi connectivity index (χ2v) is 2.59. The fourth-order valence-electron chi connectivity index (χ4n) is 1.03. The van der Waals surface area contributed by atoms with Crippen molar-refractivity contribution in [3.05, 3.63) is 17.0 Å². The predicted molar refractivity (Wildman–Crippen MR) is 42.9 cm³/mol. The minimum Gasteiger partial charge on any atom is -0.296 e. The van der Waals surface area contributed by atoms with Gasteiger partial charge in [0.25, 0.3) is 0 Å². The van der Waals surface area contributed by atoms with Crippen molar-refractivity contribution in [3.8, 4) is 0 Å². The summed E-state index contributed by atoms with van der Waals surface area (Å²) in [7, 11) is 1.73. The van der Waals surface area contributed by atoms with Gasteiger partial charge in [-0.05, 0) is 6.92 Å². The van der Waals surface area contributed by atoms with Crippen LogP contribution in [0.25, 0.3) is 0 Å². The van der Waals surface area contributed by atoms with E-state index in [9.17, 15) is 4.79 Å². The van der Waals surface area contributed by atoms with Crippen LogP contribution in [0.2, 0.25) is 0 Å². The number of aryl methyl sites for hydroxylation is 2. The zero-order valence-electron chi connectivity index (χ0n) is 6.47. The third-order valence-electron chi connectivity index (χ3n) is 1.64. The molecule has 0 aliphatic rings. The number of halogens is 1. The minimum atomic E-state index is 0.341. The lowest BCUT2D eigenvalue weighted by Crippen LogP contribution is -1.97. The highest BCUT2D eigenvalue weighted by Crippen LogP contribution is 2.12. The van der Waals surface area contributed by atoms with Gasteiger partial charge < -0.3 is 0 Å². The Kier molecular flexibility index (Phi) is 2.29. The Morgan fingerprint density at radius 1 is 1.73 bits per heavy atom. The molecule has 1 aromatic rings. The number of aldehydes is 1. The summed E-state index contributed by atoms with van der Waals surface area (Å²) >= 11 is 5.62. The molecule has 0 N–H and O–H groups in total. The van der Waals surface area contributed by atoms with Crippen LogP contribution in [0.3, 0.4) is 0 Å². The molecule has 11 heavy (non-hydrogen) atoms. The maximum Gasteiger partial charge on any atom is 0.168 e. The standard InChI is InChI=1S/C7H9ClN2O/c1-5-6(3-8)7(4-11)10(2)9-5/h4H,3H2,1-2H3. The molecule has 0 amide bonds. The summed E-state index contributed by atoms with van der Waals surface area (Å²) in [5.41, 5.74) is 2.21. The SMILES string of the molecule is Cc1nn(C)c(C=O)c1CCl. The van der Waals surface area contributed by atoms with Crippen LogP contribution in [-0.2, 0) is 12.9 Å². The van der Waals surface area contributed by atoms with Gasteiger partial charge in [0.1, 0.15) is 5.69 Å². The molecule has 0 saturated heterocycles. The molecule has 0 aromatic carbocycles. The van der Waals surface area contributed by atoms with E-state index in [0.717, 1.165) is 17.5 Å².